The summed E-state index contributed by atoms with van der Waals surface area (Å²) in [5.41, 5.74) is 15.1. The van der Waals surface area contributed by atoms with Crippen LogP contribution < -0.4 is 48.6 Å². The Morgan fingerprint density at radius 1 is 0.383 bits per heavy atom. The molecule has 141 heavy (non-hydrogen) atoms. The highest BCUT2D eigenvalue weighted by Gasteiger charge is 2.42. The number of anilines is 6. The number of aromatic nitrogens is 9. The van der Waals surface area contributed by atoms with Crippen LogP contribution in [0.25, 0.3) is 83.9 Å². The van der Waals surface area contributed by atoms with Crippen LogP contribution in [0.4, 0.5) is 64.9 Å². The predicted molar refractivity (Wildman–Crippen MR) is 540 cm³/mol. The van der Waals surface area contributed by atoms with E-state index in [1.165, 1.54) is 50.1 Å². The zero-order chi connectivity index (χ0) is 104. The summed E-state index contributed by atoms with van der Waals surface area (Å²) in [6.07, 6.45) is 8.52. The summed E-state index contributed by atoms with van der Waals surface area (Å²) in [5.74, 6) is -11.5. The van der Waals surface area contributed by atoms with Gasteiger partial charge in [-0.25, -0.2) is 45.7 Å². The van der Waals surface area contributed by atoms with Crippen LogP contribution in [0.3, 0.4) is 0 Å². The van der Waals surface area contributed by atoms with Gasteiger partial charge in [0.05, 0.1) is 132 Å². The molecule has 3 aliphatic heterocycles. The maximum atomic E-state index is 15.6. The van der Waals surface area contributed by atoms with Gasteiger partial charge in [0.2, 0.25) is 17.7 Å². The van der Waals surface area contributed by atoms with Crippen LogP contribution in [0.1, 0.15) is 151 Å². The van der Waals surface area contributed by atoms with E-state index in [0.29, 0.717) is 50.8 Å². The molecule has 27 nitrogen and oxygen atoms in total. The van der Waals surface area contributed by atoms with Crippen molar-refractivity contribution in [3.8, 4) is 69.0 Å². The Bertz CT molecular complexity index is 6860. The lowest BCUT2D eigenvalue weighted by Gasteiger charge is -2.45. The van der Waals surface area contributed by atoms with Crippen molar-refractivity contribution in [2.75, 3.05) is 71.2 Å². The number of fused-ring (bicyclic) bond motifs is 3. The molecule has 3 aliphatic rings. The van der Waals surface area contributed by atoms with E-state index in [4.69, 9.17) is 120 Å². The van der Waals surface area contributed by atoms with Gasteiger partial charge in [0.25, 0.3) is 16.7 Å². The number of benzene rings is 3. The van der Waals surface area contributed by atoms with Crippen molar-refractivity contribution in [2.45, 2.75) is 158 Å². The normalized spacial score (nSPS) is 16.6. The zero-order valence-corrected chi connectivity index (χ0v) is 84.4. The molecule has 0 radical (unpaired) electrons. The van der Waals surface area contributed by atoms with Crippen molar-refractivity contribution in [1.82, 2.24) is 58.3 Å². The summed E-state index contributed by atoms with van der Waals surface area (Å²) in [7, 11) is 0. The minimum Gasteiger partial charge on any atom is -0.395 e. The molecule has 3 saturated heterocycles. The van der Waals surface area contributed by atoms with Crippen LogP contribution >= 0.6 is 92.8 Å². The highest BCUT2D eigenvalue weighted by molar-refractivity contribution is 6.41. The van der Waals surface area contributed by atoms with E-state index < -0.39 is 122 Å². The molecule has 6 N–H and O–H groups in total. The van der Waals surface area contributed by atoms with E-state index in [2.05, 4.69) is 57.9 Å². The molecular formula is C99H90Cl8F7N21O6. The van der Waals surface area contributed by atoms with Gasteiger partial charge in [0.1, 0.15) is 61.9 Å². The molecule has 0 saturated carbocycles. The first-order valence-corrected chi connectivity index (χ1v) is 46.9. The third-order valence-electron chi connectivity index (χ3n) is 24.9. The van der Waals surface area contributed by atoms with Gasteiger partial charge in [-0.1, -0.05) is 154 Å². The summed E-state index contributed by atoms with van der Waals surface area (Å²) in [6, 6.07) is 13.6. The molecule has 12 aromatic rings. The largest absolute Gasteiger partial charge is 0.395 e. The molecule has 0 aliphatic carbocycles. The van der Waals surface area contributed by atoms with Crippen LogP contribution in [-0.2, 0) is 14.4 Å². The molecule has 0 unspecified atom stereocenters. The second kappa shape index (κ2) is 41.2. The summed E-state index contributed by atoms with van der Waals surface area (Å²) in [4.78, 5) is 120. The van der Waals surface area contributed by atoms with E-state index in [0.717, 1.165) is 0 Å². The Balaban J connectivity index is 0.000000178. The molecule has 3 fully saturated rings. The zero-order valence-electron chi connectivity index (χ0n) is 78.4. The third-order valence-corrected chi connectivity index (χ3v) is 27.6. The number of halogens is 15. The lowest BCUT2D eigenvalue weighted by molar-refractivity contribution is -0.131. The average molecular weight is 2090 g/mol. The maximum Gasteiger partial charge on any atom is 0.276 e. The molecule has 15 rings (SSSR count). The maximum absolute atomic E-state index is 15.6. The molecule has 3 amide bonds. The number of nitrogens with two attached hydrogens (primary N) is 3. The second-order valence-electron chi connectivity index (χ2n) is 35.3. The van der Waals surface area contributed by atoms with E-state index in [-0.39, 0.29) is 204 Å². The number of amides is 3. The lowest BCUT2D eigenvalue weighted by Crippen LogP contribution is -2.58. The second-order valence-corrected chi connectivity index (χ2v) is 38.5. The van der Waals surface area contributed by atoms with E-state index in [1.807, 2.05) is 92.9 Å². The quantitative estimate of drug-likeness (QED) is 0.0282. The van der Waals surface area contributed by atoms with Crippen molar-refractivity contribution in [1.29, 1.82) is 15.8 Å². The van der Waals surface area contributed by atoms with Crippen molar-refractivity contribution in [3.05, 3.63) is 255 Å². The van der Waals surface area contributed by atoms with Crippen LogP contribution in [0, 0.1) is 95.5 Å². The summed E-state index contributed by atoms with van der Waals surface area (Å²) in [5, 5.41) is 28.3. The van der Waals surface area contributed by atoms with Gasteiger partial charge in [-0.2, -0.15) is 15.8 Å². The average Bonchev–Trinajstić information content (AvgIpc) is 0.725. The fraction of sp³-hybridized carbons (Fsp3) is 0.303. The number of carbonyl (C=O) groups excluding carboxylic acids is 3. The number of nitriles is 3. The van der Waals surface area contributed by atoms with Crippen molar-refractivity contribution in [3.63, 3.8) is 0 Å². The first-order chi connectivity index (χ1) is 66.5. The molecule has 0 bridgehead atoms. The van der Waals surface area contributed by atoms with Crippen LogP contribution in [0.2, 0.25) is 40.2 Å². The van der Waals surface area contributed by atoms with Gasteiger partial charge < -0.3 is 46.6 Å². The SMILES string of the molecule is C=CC(=O)N1[C@H](C)CN(c2c(C#N)c(=O)n(-c3c(C)ccnc3C(C)C)c3nc(-c4c(F)c(Cl)c(F)c(N)c4Cl)c(Cl)cc23)C[C@@H]1C.C=CC(=O)N1[C@H](C)CN(c2c(C#N)c(=O)n(-c3c(C)ccnc3C(C)C)c3nc(-c4c(F)c(Cl)c(F)c(N)c4Cl)c(Cl)cc23)C[C@@H]1C.C=CC(=O)N1[C@H](C)CN(c2c(C#N)c(=O)n(-c3c(C)ccnc3C(C)C)c3nc(-c4c(F)c(F)c(F)c(N)c4Cl)c(Cl)cc23)C[C@@H]1C. The number of hydrogen-bond donors (Lipinski definition) is 3. The Hall–Kier alpha value is -13.1. The molecule has 9 aromatic heterocycles. The van der Waals surface area contributed by atoms with Crippen LogP contribution in [-0.4, -0.2) is 152 Å². The van der Waals surface area contributed by atoms with Crippen LogP contribution in [0.15, 0.2) is 107 Å². The first-order valence-electron chi connectivity index (χ1n) is 43.9. The summed E-state index contributed by atoms with van der Waals surface area (Å²) < 4.78 is 108. The Kier molecular flexibility index (Phi) is 30.8. The standard InChI is InChI=1S/2C33H30Cl3F2N7O2.C33H30Cl2F3N7O2/c2*1-7-21(46)44-16(5)12-43(13-17(44)6)31-18-10-20(34)29(22-23(35)27(40)26(38)24(36)25(22)37)42-32(18)45(33(47)19(31)11-39)30-15(4)8-9-41-28(30)14(2)3;1-7-21(46)44-16(5)12-43(13-17(44)6)31-18-10-20(34)29(22-23(35)27(40)26(38)25(37)24(22)36)42-32(18)45(33(47)19(31)11-39)30-15(4)8-9-41-28(30)14(2)3/h3*7-10,14,16-17H,1,12-13,40H2,2-6H3/t3*16-,17+. The molecule has 0 spiro atoms. The fourth-order valence-electron chi connectivity index (χ4n) is 18.8. The highest BCUT2D eigenvalue weighted by Crippen LogP contribution is 2.50. The molecule has 12 heterocycles. The minimum absolute atomic E-state index is 0.000731. The fourth-order valence-corrected chi connectivity index (χ4v) is 20.7. The van der Waals surface area contributed by atoms with Gasteiger partial charge in [-0.15, -0.1) is 0 Å². The summed E-state index contributed by atoms with van der Waals surface area (Å²) >= 11 is 51.2. The topological polar surface area (TPSA) is 363 Å². The molecule has 3 aromatic carbocycles. The van der Waals surface area contributed by atoms with Crippen LogP contribution in [0.5, 0.6) is 0 Å². The molecular weight excluding hydrogens is 2000 g/mol. The van der Waals surface area contributed by atoms with Crippen molar-refractivity contribution < 1.29 is 45.1 Å². The minimum atomic E-state index is -1.88. The molecule has 732 valence electrons. The number of aryl methyl sites for hydroxylation is 3. The predicted octanol–water partition coefficient (Wildman–Crippen LogP) is 21.0. The number of pyridine rings is 9. The third kappa shape index (κ3) is 18.3. The number of hydrogen-bond acceptors (Lipinski definition) is 21. The van der Waals surface area contributed by atoms with Crippen molar-refractivity contribution >= 4 is 178 Å². The monoisotopic (exact) mass is 2080 g/mol. The number of nitrogens with zero attached hydrogens (tertiary/aromatic N) is 18. The number of rotatable bonds is 15. The molecule has 42 heteroatoms. The van der Waals surface area contributed by atoms with Crippen molar-refractivity contribution in [2.24, 2.45) is 0 Å². The Morgan fingerprint density at radius 3 is 0.844 bits per heavy atom. The van der Waals surface area contributed by atoms with Gasteiger partial charge >= 0.3 is 0 Å². The summed E-state index contributed by atoms with van der Waals surface area (Å²) in [6.45, 7) is 40.0. The van der Waals surface area contributed by atoms with Gasteiger partial charge in [0, 0.05) is 110 Å². The smallest absolute Gasteiger partial charge is 0.276 e. The van der Waals surface area contributed by atoms with Gasteiger partial charge in [0.15, 0.2) is 40.7 Å². The van der Waals surface area contributed by atoms with E-state index in [1.54, 1.807) is 77.2 Å². The van der Waals surface area contributed by atoms with Gasteiger partial charge in [-0.3, -0.25) is 57.4 Å². The Morgan fingerprint density at radius 2 is 0.617 bits per heavy atom. The molecule has 6 atom stereocenters. The first kappa shape index (κ1) is 105. The highest BCUT2D eigenvalue weighted by atomic mass is 35.5. The number of nitrogen functional groups attached to an aromatic ring is 3. The number of piperazine rings is 3. The Labute approximate surface area is 844 Å². The van der Waals surface area contributed by atoms with E-state index in [9.17, 15) is 62.1 Å². The van der Waals surface area contributed by atoms with Gasteiger partial charge in [-0.05, 0) is 151 Å². The number of carbonyl (C=O) groups is 3. The van der Waals surface area contributed by atoms with E-state index >= 15 is 13.2 Å². The lowest BCUT2D eigenvalue weighted by atomic mass is 10.0.